The predicted molar refractivity (Wildman–Crippen MR) is 94.4 cm³/mol. The van der Waals surface area contributed by atoms with E-state index in [2.05, 4.69) is 24.1 Å². The maximum absolute atomic E-state index is 12.7. The molecule has 1 saturated carbocycles. The molecule has 0 spiro atoms. The molecule has 0 aliphatic heterocycles. The van der Waals surface area contributed by atoms with Crippen molar-refractivity contribution in [2.45, 2.75) is 71.6 Å². The van der Waals surface area contributed by atoms with Crippen LogP contribution in [0.5, 0.6) is 0 Å². The minimum Gasteiger partial charge on any atom is -0.376 e. The molecule has 3 rings (SSSR count). The molecule has 2 aromatic heterocycles. The average molecular weight is 329 g/mol. The molecule has 0 saturated heterocycles. The molecular weight excluding hydrogens is 302 g/mol. The largest absolute Gasteiger partial charge is 0.376 e. The van der Waals surface area contributed by atoms with Crippen LogP contribution in [-0.4, -0.2) is 33.5 Å². The molecule has 1 fully saturated rings. The predicted octanol–water partition coefficient (Wildman–Crippen LogP) is 3.42. The van der Waals surface area contributed by atoms with Gasteiger partial charge in [0.1, 0.15) is 5.65 Å². The van der Waals surface area contributed by atoms with E-state index in [9.17, 15) is 4.79 Å². The second kappa shape index (κ2) is 6.93. The molecule has 0 aromatic carbocycles. The molecule has 2 aromatic rings. The van der Waals surface area contributed by atoms with Gasteiger partial charge < -0.3 is 14.5 Å². The highest BCUT2D eigenvalue weighted by Crippen LogP contribution is 2.23. The van der Waals surface area contributed by atoms with E-state index in [1.54, 1.807) is 0 Å². The zero-order chi connectivity index (χ0) is 17.3. The fourth-order valence-electron chi connectivity index (χ4n) is 3.56. The van der Waals surface area contributed by atoms with Crippen LogP contribution in [0, 0.1) is 13.8 Å². The van der Waals surface area contributed by atoms with Crippen molar-refractivity contribution in [1.82, 2.24) is 14.7 Å². The van der Waals surface area contributed by atoms with E-state index >= 15 is 0 Å². The SMILES string of the molecule is Cc1cc(C)n2ccc(C(=O)N[C@H]3CC[C@H](OC(C)C)CC3)c2n1. The van der Waals surface area contributed by atoms with Gasteiger partial charge in [0.15, 0.2) is 0 Å². The molecule has 5 nitrogen and oxygen atoms in total. The maximum Gasteiger partial charge on any atom is 0.255 e. The Kier molecular flexibility index (Phi) is 4.90. The summed E-state index contributed by atoms with van der Waals surface area (Å²) in [4.78, 5) is 17.2. The number of aromatic nitrogens is 2. The smallest absolute Gasteiger partial charge is 0.255 e. The van der Waals surface area contributed by atoms with Crippen molar-refractivity contribution in [3.8, 4) is 0 Å². The lowest BCUT2D eigenvalue weighted by Crippen LogP contribution is -2.39. The number of amides is 1. The van der Waals surface area contributed by atoms with Gasteiger partial charge in [-0.05, 0) is 65.5 Å². The van der Waals surface area contributed by atoms with Gasteiger partial charge in [-0.1, -0.05) is 0 Å². The molecular formula is C19H27N3O2. The zero-order valence-electron chi connectivity index (χ0n) is 15.0. The molecule has 1 N–H and O–H groups in total. The van der Waals surface area contributed by atoms with Gasteiger partial charge in [0.25, 0.3) is 5.91 Å². The Morgan fingerprint density at radius 2 is 2.00 bits per heavy atom. The van der Waals surface area contributed by atoms with Gasteiger partial charge in [0, 0.05) is 23.6 Å². The van der Waals surface area contributed by atoms with E-state index in [0.717, 1.165) is 42.7 Å². The summed E-state index contributed by atoms with van der Waals surface area (Å²) in [5.41, 5.74) is 3.41. The number of fused-ring (bicyclic) bond motifs is 1. The molecule has 24 heavy (non-hydrogen) atoms. The maximum atomic E-state index is 12.7. The molecule has 1 aliphatic rings. The number of hydrogen-bond acceptors (Lipinski definition) is 3. The van der Waals surface area contributed by atoms with E-state index in [-0.39, 0.29) is 18.1 Å². The van der Waals surface area contributed by atoms with Crippen LogP contribution in [0.4, 0.5) is 0 Å². The number of rotatable bonds is 4. The quantitative estimate of drug-likeness (QED) is 0.935. The molecule has 0 radical (unpaired) electrons. The minimum atomic E-state index is -0.0248. The molecule has 1 amide bonds. The van der Waals surface area contributed by atoms with Crippen molar-refractivity contribution in [3.63, 3.8) is 0 Å². The van der Waals surface area contributed by atoms with E-state index < -0.39 is 0 Å². The second-order valence-corrected chi connectivity index (χ2v) is 7.09. The van der Waals surface area contributed by atoms with E-state index in [1.807, 2.05) is 36.6 Å². The monoisotopic (exact) mass is 329 g/mol. The van der Waals surface area contributed by atoms with Gasteiger partial charge in [-0.2, -0.15) is 0 Å². The van der Waals surface area contributed by atoms with Crippen molar-refractivity contribution in [1.29, 1.82) is 0 Å². The van der Waals surface area contributed by atoms with Crippen LogP contribution in [0.2, 0.25) is 0 Å². The van der Waals surface area contributed by atoms with Gasteiger partial charge in [-0.3, -0.25) is 4.79 Å². The topological polar surface area (TPSA) is 55.6 Å². The van der Waals surface area contributed by atoms with Crippen LogP contribution >= 0.6 is 0 Å². The van der Waals surface area contributed by atoms with E-state index in [0.29, 0.717) is 11.7 Å². The Labute approximate surface area is 143 Å². The summed E-state index contributed by atoms with van der Waals surface area (Å²) in [7, 11) is 0. The molecule has 130 valence electrons. The fraction of sp³-hybridized carbons (Fsp3) is 0.579. The van der Waals surface area contributed by atoms with E-state index in [1.165, 1.54) is 0 Å². The van der Waals surface area contributed by atoms with Crippen LogP contribution in [0.1, 0.15) is 61.3 Å². The summed E-state index contributed by atoms with van der Waals surface area (Å²) in [6.45, 7) is 8.13. The summed E-state index contributed by atoms with van der Waals surface area (Å²) in [6.07, 6.45) is 6.48. The normalized spacial score (nSPS) is 21.4. The minimum absolute atomic E-state index is 0.0248. The lowest BCUT2D eigenvalue weighted by Gasteiger charge is -2.30. The number of hydrogen-bond donors (Lipinski definition) is 1. The van der Waals surface area contributed by atoms with Crippen molar-refractivity contribution >= 4 is 11.6 Å². The highest BCUT2D eigenvalue weighted by Gasteiger charge is 2.24. The second-order valence-electron chi connectivity index (χ2n) is 7.09. The van der Waals surface area contributed by atoms with Gasteiger partial charge in [-0.25, -0.2) is 4.98 Å². The van der Waals surface area contributed by atoms with Crippen molar-refractivity contribution < 1.29 is 9.53 Å². The third-order valence-corrected chi connectivity index (χ3v) is 4.66. The lowest BCUT2D eigenvalue weighted by atomic mass is 9.92. The Hall–Kier alpha value is -1.88. The van der Waals surface area contributed by atoms with Crippen molar-refractivity contribution in [3.05, 3.63) is 35.3 Å². The van der Waals surface area contributed by atoms with Crippen LogP contribution in [-0.2, 0) is 4.74 Å². The first-order valence-electron chi connectivity index (χ1n) is 8.85. The van der Waals surface area contributed by atoms with Gasteiger partial charge >= 0.3 is 0 Å². The van der Waals surface area contributed by atoms with Gasteiger partial charge in [0.2, 0.25) is 0 Å². The number of nitrogens with one attached hydrogen (secondary N) is 1. The van der Waals surface area contributed by atoms with E-state index in [4.69, 9.17) is 4.74 Å². The molecule has 1 aliphatic carbocycles. The number of ether oxygens (including phenoxy) is 1. The Balaban J connectivity index is 1.66. The van der Waals surface area contributed by atoms with Crippen molar-refractivity contribution in [2.24, 2.45) is 0 Å². The highest BCUT2D eigenvalue weighted by atomic mass is 16.5. The first-order chi connectivity index (χ1) is 11.4. The first-order valence-corrected chi connectivity index (χ1v) is 8.85. The third kappa shape index (κ3) is 3.61. The summed E-state index contributed by atoms with van der Waals surface area (Å²) in [6, 6.07) is 4.10. The standard InChI is InChI=1S/C19H27N3O2/c1-12(2)24-16-7-5-15(6-8-16)21-19(23)17-9-10-22-14(4)11-13(3)20-18(17)22/h9-12,15-16H,5-8H2,1-4H3,(H,21,23)/t15-,16-. The molecule has 0 unspecified atom stereocenters. The van der Waals surface area contributed by atoms with Crippen LogP contribution in [0.15, 0.2) is 18.3 Å². The summed E-state index contributed by atoms with van der Waals surface area (Å²) < 4.78 is 7.84. The summed E-state index contributed by atoms with van der Waals surface area (Å²) in [5.74, 6) is -0.0248. The first kappa shape index (κ1) is 17.0. The highest BCUT2D eigenvalue weighted by molar-refractivity contribution is 6.00. The number of nitrogens with zero attached hydrogens (tertiary/aromatic N) is 2. The van der Waals surface area contributed by atoms with Gasteiger partial charge in [0.05, 0.1) is 17.8 Å². The Morgan fingerprint density at radius 3 is 2.67 bits per heavy atom. The van der Waals surface area contributed by atoms with Crippen molar-refractivity contribution in [2.75, 3.05) is 0 Å². The average Bonchev–Trinajstić information content (AvgIpc) is 2.93. The summed E-state index contributed by atoms with van der Waals surface area (Å²) in [5, 5.41) is 3.18. The van der Waals surface area contributed by atoms with Gasteiger partial charge in [-0.15, -0.1) is 0 Å². The molecule has 0 atom stereocenters. The molecule has 2 heterocycles. The number of aryl methyl sites for hydroxylation is 2. The van der Waals surface area contributed by atoms with Crippen LogP contribution in [0.25, 0.3) is 5.65 Å². The summed E-state index contributed by atoms with van der Waals surface area (Å²) >= 11 is 0. The lowest BCUT2D eigenvalue weighted by molar-refractivity contribution is -0.0159. The zero-order valence-corrected chi connectivity index (χ0v) is 15.0. The number of carbonyl (C=O) groups is 1. The van der Waals surface area contributed by atoms with Crippen LogP contribution < -0.4 is 5.32 Å². The van der Waals surface area contributed by atoms with Crippen LogP contribution in [0.3, 0.4) is 0 Å². The Bertz CT molecular complexity index is 728. The molecule has 5 heteroatoms. The molecule has 0 bridgehead atoms. The number of carbonyl (C=O) groups excluding carboxylic acids is 1. The third-order valence-electron chi connectivity index (χ3n) is 4.66. The fourth-order valence-corrected chi connectivity index (χ4v) is 3.56. The Morgan fingerprint density at radius 1 is 1.29 bits per heavy atom.